The van der Waals surface area contributed by atoms with Gasteiger partial charge in [-0.25, -0.2) is 9.59 Å². The summed E-state index contributed by atoms with van der Waals surface area (Å²) in [6.45, 7) is 0. The molecular weight excluding hydrogens is 336 g/mol. The Morgan fingerprint density at radius 1 is 0.800 bits per heavy atom. The smallest absolute Gasteiger partial charge is 0.343 e. The molecule has 9 heteroatoms. The number of ether oxygens (including phenoxy) is 3. The van der Waals surface area contributed by atoms with Crippen molar-refractivity contribution in [3.05, 3.63) is 35.4 Å². The molecule has 0 atom stereocenters. The second-order valence-corrected chi connectivity index (χ2v) is 4.77. The van der Waals surface area contributed by atoms with Crippen molar-refractivity contribution in [3.8, 4) is 34.5 Å². The quantitative estimate of drug-likeness (QED) is 0.360. The van der Waals surface area contributed by atoms with Crippen molar-refractivity contribution in [2.45, 2.75) is 0 Å². The van der Waals surface area contributed by atoms with Crippen LogP contribution >= 0.6 is 0 Å². The molecule has 0 aromatic heterocycles. The zero-order valence-electron chi connectivity index (χ0n) is 13.1. The Hall–Kier alpha value is -3.62. The fourth-order valence-corrected chi connectivity index (χ4v) is 1.96. The van der Waals surface area contributed by atoms with Crippen molar-refractivity contribution < 1.29 is 44.2 Å². The van der Waals surface area contributed by atoms with Gasteiger partial charge in [-0.2, -0.15) is 0 Å². The van der Waals surface area contributed by atoms with Gasteiger partial charge in [-0.3, -0.25) is 0 Å². The normalized spacial score (nSPS) is 10.2. The number of phenolic OH excluding ortho intramolecular Hbond substituents is 3. The lowest BCUT2D eigenvalue weighted by molar-refractivity contribution is 0.0685. The lowest BCUT2D eigenvalue weighted by atomic mass is 10.1. The maximum absolute atomic E-state index is 12.3. The molecule has 2 rings (SSSR count). The Balaban J connectivity index is 2.42. The first-order chi connectivity index (χ1) is 11.8. The van der Waals surface area contributed by atoms with Gasteiger partial charge in [0.2, 0.25) is 11.5 Å². The van der Waals surface area contributed by atoms with Crippen LogP contribution in [0, 0.1) is 0 Å². The van der Waals surface area contributed by atoms with E-state index in [4.69, 9.17) is 19.3 Å². The molecule has 0 heterocycles. The second-order valence-electron chi connectivity index (χ2n) is 4.77. The van der Waals surface area contributed by atoms with Crippen molar-refractivity contribution in [1.82, 2.24) is 0 Å². The van der Waals surface area contributed by atoms with Gasteiger partial charge in [0, 0.05) is 0 Å². The molecule has 0 amide bonds. The van der Waals surface area contributed by atoms with Crippen LogP contribution in [0.4, 0.5) is 0 Å². The van der Waals surface area contributed by atoms with E-state index in [2.05, 4.69) is 0 Å². The number of benzene rings is 2. The Morgan fingerprint density at radius 2 is 1.32 bits per heavy atom. The number of rotatable bonds is 5. The van der Waals surface area contributed by atoms with Crippen LogP contribution in [0.3, 0.4) is 0 Å². The molecular formula is C16H14O9. The Labute approximate surface area is 141 Å². The fourth-order valence-electron chi connectivity index (χ4n) is 1.96. The summed E-state index contributed by atoms with van der Waals surface area (Å²) < 4.78 is 14.8. The summed E-state index contributed by atoms with van der Waals surface area (Å²) in [7, 11) is 2.54. The van der Waals surface area contributed by atoms with Crippen LogP contribution in [0.2, 0.25) is 0 Å². The van der Waals surface area contributed by atoms with Gasteiger partial charge in [0.05, 0.1) is 25.3 Å². The van der Waals surface area contributed by atoms with E-state index in [0.29, 0.717) is 0 Å². The summed E-state index contributed by atoms with van der Waals surface area (Å²) in [5.74, 6) is -4.94. The molecule has 0 fully saturated rings. The highest BCUT2D eigenvalue weighted by atomic mass is 16.5. The monoisotopic (exact) mass is 350 g/mol. The van der Waals surface area contributed by atoms with E-state index in [0.717, 1.165) is 24.3 Å². The number of aromatic carboxylic acids is 1. The van der Waals surface area contributed by atoms with Crippen molar-refractivity contribution in [2.75, 3.05) is 14.2 Å². The number of aromatic hydroxyl groups is 3. The van der Waals surface area contributed by atoms with Crippen LogP contribution in [0.25, 0.3) is 0 Å². The Morgan fingerprint density at radius 3 is 1.80 bits per heavy atom. The van der Waals surface area contributed by atoms with Crippen LogP contribution in [-0.2, 0) is 0 Å². The summed E-state index contributed by atoms with van der Waals surface area (Å²) >= 11 is 0. The topological polar surface area (TPSA) is 143 Å². The molecule has 0 saturated carbocycles. The van der Waals surface area contributed by atoms with Crippen molar-refractivity contribution in [3.63, 3.8) is 0 Å². The minimum Gasteiger partial charge on any atom is -0.504 e. The first-order valence-corrected chi connectivity index (χ1v) is 6.75. The van der Waals surface area contributed by atoms with E-state index in [1.807, 2.05) is 0 Å². The molecule has 9 nitrogen and oxygen atoms in total. The highest BCUT2D eigenvalue weighted by molar-refractivity contribution is 5.94. The van der Waals surface area contributed by atoms with Crippen LogP contribution in [0.15, 0.2) is 24.3 Å². The molecule has 2 aromatic rings. The minimum absolute atomic E-state index is 0.0577. The SMILES string of the molecule is COc1cc(C(=O)Oc2cc(C(=O)O)cc(O)c2O)cc(OC)c1O. The average molecular weight is 350 g/mol. The zero-order chi connectivity index (χ0) is 18.7. The van der Waals surface area contributed by atoms with E-state index in [9.17, 15) is 24.9 Å². The number of hydrogen-bond donors (Lipinski definition) is 4. The van der Waals surface area contributed by atoms with E-state index in [-0.39, 0.29) is 28.4 Å². The highest BCUT2D eigenvalue weighted by Gasteiger charge is 2.21. The predicted octanol–water partition coefficient (Wildman–Crippen LogP) is 1.74. The molecule has 0 unspecified atom stereocenters. The Kier molecular flexibility index (Phi) is 4.87. The van der Waals surface area contributed by atoms with Crippen LogP contribution in [0.1, 0.15) is 20.7 Å². The van der Waals surface area contributed by atoms with E-state index in [1.165, 1.54) is 14.2 Å². The largest absolute Gasteiger partial charge is 0.504 e. The number of esters is 1. The first-order valence-electron chi connectivity index (χ1n) is 6.75. The number of hydrogen-bond acceptors (Lipinski definition) is 8. The van der Waals surface area contributed by atoms with Crippen molar-refractivity contribution in [1.29, 1.82) is 0 Å². The number of methoxy groups -OCH3 is 2. The number of phenols is 3. The number of carbonyl (C=O) groups excluding carboxylic acids is 1. The second kappa shape index (κ2) is 6.87. The van der Waals surface area contributed by atoms with Crippen LogP contribution in [-0.4, -0.2) is 46.6 Å². The third kappa shape index (κ3) is 3.50. The number of carboxylic acids is 1. The molecule has 0 aliphatic carbocycles. The van der Waals surface area contributed by atoms with Gasteiger partial charge in [-0.05, 0) is 24.3 Å². The molecule has 0 bridgehead atoms. The van der Waals surface area contributed by atoms with Gasteiger partial charge in [-0.1, -0.05) is 0 Å². The molecule has 4 N–H and O–H groups in total. The average Bonchev–Trinajstić information content (AvgIpc) is 2.58. The van der Waals surface area contributed by atoms with Gasteiger partial charge in [0.1, 0.15) is 0 Å². The molecule has 25 heavy (non-hydrogen) atoms. The van der Waals surface area contributed by atoms with Crippen molar-refractivity contribution >= 4 is 11.9 Å². The van der Waals surface area contributed by atoms with Gasteiger partial charge >= 0.3 is 11.9 Å². The van der Waals surface area contributed by atoms with E-state index >= 15 is 0 Å². The fraction of sp³-hybridized carbons (Fsp3) is 0.125. The summed E-state index contributed by atoms with van der Waals surface area (Å²) in [4.78, 5) is 23.2. The lowest BCUT2D eigenvalue weighted by Gasteiger charge is -2.12. The standard InChI is InChI=1S/C16H14O9/c1-23-10-5-8(6-11(24-2)14(10)19)16(22)25-12-4-7(15(20)21)3-9(17)13(12)18/h3-6,17-19H,1-2H3,(H,20,21). The third-order valence-electron chi connectivity index (χ3n) is 3.22. The predicted molar refractivity (Wildman–Crippen MR) is 82.9 cm³/mol. The molecule has 0 saturated heterocycles. The summed E-state index contributed by atoms with van der Waals surface area (Å²) in [5, 5.41) is 38.0. The van der Waals surface area contributed by atoms with E-state index in [1.54, 1.807) is 0 Å². The van der Waals surface area contributed by atoms with Gasteiger partial charge < -0.3 is 34.6 Å². The summed E-state index contributed by atoms with van der Waals surface area (Å²) in [6, 6.07) is 4.02. The summed E-state index contributed by atoms with van der Waals surface area (Å²) in [6.07, 6.45) is 0. The summed E-state index contributed by atoms with van der Waals surface area (Å²) in [5.41, 5.74) is -0.495. The number of carbonyl (C=O) groups is 2. The van der Waals surface area contributed by atoms with Gasteiger partial charge in [-0.15, -0.1) is 0 Å². The third-order valence-corrected chi connectivity index (χ3v) is 3.22. The molecule has 132 valence electrons. The van der Waals surface area contributed by atoms with Crippen molar-refractivity contribution in [2.24, 2.45) is 0 Å². The van der Waals surface area contributed by atoms with E-state index < -0.39 is 29.2 Å². The minimum atomic E-state index is -1.39. The van der Waals surface area contributed by atoms with Gasteiger partial charge in [0.25, 0.3) is 0 Å². The zero-order valence-corrected chi connectivity index (χ0v) is 13.1. The van der Waals surface area contributed by atoms with Gasteiger partial charge in [0.15, 0.2) is 23.0 Å². The lowest BCUT2D eigenvalue weighted by Crippen LogP contribution is -2.10. The molecule has 0 spiro atoms. The maximum Gasteiger partial charge on any atom is 0.343 e. The Bertz CT molecular complexity index is 817. The maximum atomic E-state index is 12.3. The molecule has 0 aliphatic heterocycles. The molecule has 0 aliphatic rings. The molecule has 0 radical (unpaired) electrons. The first kappa shape index (κ1) is 17.7. The molecule has 2 aromatic carbocycles. The highest BCUT2D eigenvalue weighted by Crippen LogP contribution is 2.39. The van der Waals surface area contributed by atoms with Crippen LogP contribution < -0.4 is 14.2 Å². The van der Waals surface area contributed by atoms with Crippen LogP contribution in [0.5, 0.6) is 34.5 Å². The number of carboxylic acid groups (broad SMARTS) is 1.